The number of halogens is 1. The normalized spacial score (nSPS) is 14.9. The number of anilines is 2. The number of piperazine rings is 1. The molecule has 2 heterocycles. The number of pyridine rings is 1. The van der Waals surface area contributed by atoms with Crippen LogP contribution in [-0.2, 0) is 14.8 Å². The molecule has 1 aliphatic rings. The lowest BCUT2D eigenvalue weighted by Crippen LogP contribution is -2.48. The van der Waals surface area contributed by atoms with Crippen molar-refractivity contribution in [1.82, 2.24) is 9.88 Å². The molecule has 9 heteroatoms. The lowest BCUT2D eigenvalue weighted by Gasteiger charge is -2.35. The molecule has 7 nitrogen and oxygen atoms in total. The molecule has 0 spiro atoms. The van der Waals surface area contributed by atoms with Crippen molar-refractivity contribution in [3.05, 3.63) is 47.9 Å². The van der Waals surface area contributed by atoms with E-state index < -0.39 is 15.8 Å². The summed E-state index contributed by atoms with van der Waals surface area (Å²) < 4.78 is 40.6. The average Bonchev–Trinajstić information content (AvgIpc) is 2.64. The van der Waals surface area contributed by atoms with Crippen molar-refractivity contribution < 1.29 is 17.6 Å². The third-order valence-corrected chi connectivity index (χ3v) is 5.87. The fourth-order valence-corrected chi connectivity index (χ4v) is 3.99. The predicted molar refractivity (Wildman–Crippen MR) is 101 cm³/mol. The van der Waals surface area contributed by atoms with Crippen LogP contribution in [0.4, 0.5) is 15.9 Å². The first kappa shape index (κ1) is 19.1. The molecule has 27 heavy (non-hydrogen) atoms. The molecule has 1 aromatic carbocycles. The van der Waals surface area contributed by atoms with Gasteiger partial charge >= 0.3 is 0 Å². The first-order valence-electron chi connectivity index (χ1n) is 8.52. The Hall–Kier alpha value is -2.68. The van der Waals surface area contributed by atoms with E-state index in [9.17, 15) is 17.6 Å². The van der Waals surface area contributed by atoms with E-state index in [0.717, 1.165) is 11.8 Å². The van der Waals surface area contributed by atoms with Crippen molar-refractivity contribution in [2.45, 2.75) is 18.7 Å². The zero-order valence-corrected chi connectivity index (χ0v) is 16.0. The molecule has 1 N–H and O–H groups in total. The van der Waals surface area contributed by atoms with Crippen molar-refractivity contribution in [2.24, 2.45) is 0 Å². The van der Waals surface area contributed by atoms with E-state index in [1.54, 1.807) is 30.2 Å². The van der Waals surface area contributed by atoms with Gasteiger partial charge in [0.2, 0.25) is 5.91 Å². The lowest BCUT2D eigenvalue weighted by atomic mass is 10.2. The van der Waals surface area contributed by atoms with Gasteiger partial charge in [-0.1, -0.05) is 0 Å². The van der Waals surface area contributed by atoms with Crippen LogP contribution in [0.2, 0.25) is 0 Å². The highest BCUT2D eigenvalue weighted by atomic mass is 32.2. The van der Waals surface area contributed by atoms with Gasteiger partial charge < -0.3 is 9.80 Å². The van der Waals surface area contributed by atoms with Crippen LogP contribution < -0.4 is 9.62 Å². The predicted octanol–water partition coefficient (Wildman–Crippen LogP) is 2.00. The number of benzene rings is 1. The summed E-state index contributed by atoms with van der Waals surface area (Å²) in [5, 5.41) is 0. The second-order valence-electron chi connectivity index (χ2n) is 6.41. The SMILES string of the molecule is CC(=O)N1CCN(c2ccc(NS(=O)(=O)c3ccc(F)c(C)c3)nc2)CC1. The van der Waals surface area contributed by atoms with Gasteiger partial charge in [-0.25, -0.2) is 17.8 Å². The molecule has 0 aliphatic carbocycles. The largest absolute Gasteiger partial charge is 0.367 e. The van der Waals surface area contributed by atoms with E-state index in [1.165, 1.54) is 19.1 Å². The summed E-state index contributed by atoms with van der Waals surface area (Å²) in [6, 6.07) is 6.99. The number of rotatable bonds is 4. The van der Waals surface area contributed by atoms with E-state index >= 15 is 0 Å². The molecule has 0 saturated carbocycles. The summed E-state index contributed by atoms with van der Waals surface area (Å²) in [5.74, 6) is -0.210. The fourth-order valence-electron chi connectivity index (χ4n) is 2.89. The van der Waals surface area contributed by atoms with Gasteiger partial charge in [0.25, 0.3) is 10.0 Å². The summed E-state index contributed by atoms with van der Waals surface area (Å²) in [6.07, 6.45) is 1.59. The number of aromatic nitrogens is 1. The zero-order chi connectivity index (χ0) is 19.6. The van der Waals surface area contributed by atoms with E-state index in [2.05, 4.69) is 14.6 Å². The monoisotopic (exact) mass is 392 g/mol. The second kappa shape index (κ2) is 7.51. The molecule has 1 aliphatic heterocycles. The molecule has 0 bridgehead atoms. The second-order valence-corrected chi connectivity index (χ2v) is 8.09. The molecule has 2 aromatic rings. The summed E-state index contributed by atoms with van der Waals surface area (Å²) in [6.45, 7) is 5.75. The van der Waals surface area contributed by atoms with Gasteiger partial charge in [-0.2, -0.15) is 0 Å². The van der Waals surface area contributed by atoms with E-state index in [-0.39, 0.29) is 22.2 Å². The van der Waals surface area contributed by atoms with Gasteiger partial charge in [0, 0.05) is 33.1 Å². The van der Waals surface area contributed by atoms with E-state index in [0.29, 0.717) is 26.2 Å². The van der Waals surface area contributed by atoms with Gasteiger partial charge in [-0.3, -0.25) is 9.52 Å². The first-order chi connectivity index (χ1) is 12.8. The minimum absolute atomic E-state index is 0.0207. The smallest absolute Gasteiger partial charge is 0.263 e. The van der Waals surface area contributed by atoms with Gasteiger partial charge in [0.05, 0.1) is 16.8 Å². The zero-order valence-electron chi connectivity index (χ0n) is 15.1. The molecule has 1 fully saturated rings. The van der Waals surface area contributed by atoms with Crippen LogP contribution in [0.15, 0.2) is 41.4 Å². The molecule has 0 atom stereocenters. The van der Waals surface area contributed by atoms with Gasteiger partial charge in [0.15, 0.2) is 0 Å². The molecule has 144 valence electrons. The maximum atomic E-state index is 13.3. The Bertz CT molecular complexity index is 940. The third-order valence-electron chi connectivity index (χ3n) is 4.52. The lowest BCUT2D eigenvalue weighted by molar-refractivity contribution is -0.129. The number of carbonyl (C=O) groups is 1. The number of aryl methyl sites for hydroxylation is 1. The highest BCUT2D eigenvalue weighted by molar-refractivity contribution is 7.92. The molecule has 0 radical (unpaired) electrons. The quantitative estimate of drug-likeness (QED) is 0.861. The van der Waals surface area contributed by atoms with Gasteiger partial charge in [0.1, 0.15) is 11.6 Å². The number of carbonyl (C=O) groups excluding carboxylic acids is 1. The number of nitrogens with zero attached hydrogens (tertiary/aromatic N) is 3. The van der Waals surface area contributed by atoms with E-state index in [4.69, 9.17) is 0 Å². The Labute approximate surface area is 157 Å². The minimum Gasteiger partial charge on any atom is -0.367 e. The maximum absolute atomic E-state index is 13.3. The summed E-state index contributed by atoms with van der Waals surface area (Å²) >= 11 is 0. The van der Waals surface area contributed by atoms with Crippen LogP contribution in [0.25, 0.3) is 0 Å². The van der Waals surface area contributed by atoms with Crippen LogP contribution in [0, 0.1) is 12.7 Å². The van der Waals surface area contributed by atoms with Crippen LogP contribution >= 0.6 is 0 Å². The first-order valence-corrected chi connectivity index (χ1v) is 10.00. The van der Waals surface area contributed by atoms with Crippen molar-refractivity contribution >= 4 is 27.4 Å². The van der Waals surface area contributed by atoms with Crippen molar-refractivity contribution in [1.29, 1.82) is 0 Å². The van der Waals surface area contributed by atoms with Crippen molar-refractivity contribution in [2.75, 3.05) is 35.8 Å². The average molecular weight is 392 g/mol. The topological polar surface area (TPSA) is 82.6 Å². The standard InChI is InChI=1S/C18H21FN4O3S/c1-13-11-16(4-5-17(13)19)27(25,26)21-18-6-3-15(12-20-18)23-9-7-22(8-10-23)14(2)24/h3-6,11-12H,7-10H2,1-2H3,(H,20,21). The summed E-state index contributed by atoms with van der Waals surface area (Å²) in [7, 11) is -3.84. The number of hydrogen-bond donors (Lipinski definition) is 1. The Morgan fingerprint density at radius 2 is 1.85 bits per heavy atom. The van der Waals surface area contributed by atoms with Gasteiger partial charge in [-0.15, -0.1) is 0 Å². The Morgan fingerprint density at radius 1 is 1.15 bits per heavy atom. The van der Waals surface area contributed by atoms with Gasteiger partial charge in [-0.05, 0) is 42.8 Å². The van der Waals surface area contributed by atoms with Crippen molar-refractivity contribution in [3.63, 3.8) is 0 Å². The molecule has 0 unspecified atom stereocenters. The van der Waals surface area contributed by atoms with Crippen LogP contribution in [-0.4, -0.2) is 50.4 Å². The molecule has 1 saturated heterocycles. The Kier molecular flexibility index (Phi) is 5.31. The highest BCUT2D eigenvalue weighted by Crippen LogP contribution is 2.20. The van der Waals surface area contributed by atoms with Crippen LogP contribution in [0.5, 0.6) is 0 Å². The maximum Gasteiger partial charge on any atom is 0.263 e. The van der Waals surface area contributed by atoms with E-state index in [1.807, 2.05) is 0 Å². The third kappa shape index (κ3) is 4.36. The van der Waals surface area contributed by atoms with Crippen molar-refractivity contribution in [3.8, 4) is 0 Å². The molecule has 3 rings (SSSR count). The fraction of sp³-hybridized carbons (Fsp3) is 0.333. The number of sulfonamides is 1. The number of hydrogen-bond acceptors (Lipinski definition) is 5. The Balaban J connectivity index is 1.68. The Morgan fingerprint density at radius 3 is 2.41 bits per heavy atom. The van der Waals surface area contributed by atoms with Crippen LogP contribution in [0.1, 0.15) is 12.5 Å². The molecule has 1 amide bonds. The highest BCUT2D eigenvalue weighted by Gasteiger charge is 2.20. The summed E-state index contributed by atoms with van der Waals surface area (Å²) in [5.41, 5.74) is 1.12. The molecule has 1 aromatic heterocycles. The molecular formula is C18H21FN4O3S. The number of nitrogens with one attached hydrogen (secondary N) is 1. The summed E-state index contributed by atoms with van der Waals surface area (Å²) in [4.78, 5) is 19.4. The number of amides is 1. The molecular weight excluding hydrogens is 371 g/mol. The van der Waals surface area contributed by atoms with Crippen LogP contribution in [0.3, 0.4) is 0 Å². The minimum atomic E-state index is -3.84.